The molecule has 0 saturated heterocycles. The molecule has 0 unspecified atom stereocenters. The summed E-state index contributed by atoms with van der Waals surface area (Å²) >= 11 is 0. The molecule has 0 aliphatic heterocycles. The van der Waals surface area contributed by atoms with Crippen LogP contribution in [0.15, 0.2) is 42.7 Å². The minimum Gasteiger partial charge on any atom is -0.323 e. The topological polar surface area (TPSA) is 53.4 Å². The van der Waals surface area contributed by atoms with Crippen LogP contribution >= 0.6 is 0 Å². The van der Waals surface area contributed by atoms with Gasteiger partial charge in [0.15, 0.2) is 0 Å². The van der Waals surface area contributed by atoms with Gasteiger partial charge in [-0.2, -0.15) is 5.10 Å². The number of hydrogen-bond acceptors (Lipinski definition) is 3. The summed E-state index contributed by atoms with van der Waals surface area (Å²) < 4.78 is 1.80. The normalized spacial score (nSPS) is 10.8. The van der Waals surface area contributed by atoms with E-state index in [1.54, 1.807) is 10.9 Å². The standard InChI is InChI=1S/C18H27N5O/c1-4-23-15-17(14-19-23)20-18(24)22(13-12-21(2)3)11-10-16-8-6-5-7-9-16/h5-9,14-15H,4,10-13H2,1-3H3,(H,20,24). The number of likely N-dealkylation sites (N-methyl/N-ethyl adjacent to an activating group) is 1. The Bertz CT molecular complexity index is 623. The number of anilines is 1. The molecule has 6 nitrogen and oxygen atoms in total. The highest BCUT2D eigenvalue weighted by Crippen LogP contribution is 2.08. The second kappa shape index (κ2) is 9.08. The summed E-state index contributed by atoms with van der Waals surface area (Å²) in [5.74, 6) is 0. The van der Waals surface area contributed by atoms with E-state index in [1.807, 2.05) is 50.3 Å². The van der Waals surface area contributed by atoms with Gasteiger partial charge in [-0.05, 0) is 33.0 Å². The first kappa shape index (κ1) is 18.0. The molecule has 2 rings (SSSR count). The highest BCUT2D eigenvalue weighted by Gasteiger charge is 2.14. The average molecular weight is 329 g/mol. The van der Waals surface area contributed by atoms with E-state index in [1.165, 1.54) is 5.56 Å². The molecule has 1 aromatic heterocycles. The minimum atomic E-state index is -0.0802. The minimum absolute atomic E-state index is 0.0802. The molecule has 0 radical (unpaired) electrons. The number of urea groups is 1. The summed E-state index contributed by atoms with van der Waals surface area (Å²) in [5.41, 5.74) is 1.97. The third kappa shape index (κ3) is 5.70. The van der Waals surface area contributed by atoms with Crippen molar-refractivity contribution in [3.05, 3.63) is 48.3 Å². The number of nitrogens with zero attached hydrogens (tertiary/aromatic N) is 4. The lowest BCUT2D eigenvalue weighted by Gasteiger charge is -2.24. The van der Waals surface area contributed by atoms with Crippen LogP contribution in [0, 0.1) is 0 Å². The van der Waals surface area contributed by atoms with Crippen molar-refractivity contribution in [1.82, 2.24) is 19.6 Å². The van der Waals surface area contributed by atoms with Crippen LogP contribution < -0.4 is 5.32 Å². The van der Waals surface area contributed by atoms with Gasteiger partial charge in [-0.25, -0.2) is 4.79 Å². The number of nitrogens with one attached hydrogen (secondary N) is 1. The van der Waals surface area contributed by atoms with Crippen LogP contribution in [0.2, 0.25) is 0 Å². The fraction of sp³-hybridized carbons (Fsp3) is 0.444. The number of aryl methyl sites for hydroxylation is 1. The Kier molecular flexibility index (Phi) is 6.81. The maximum absolute atomic E-state index is 12.6. The van der Waals surface area contributed by atoms with Crippen molar-refractivity contribution >= 4 is 11.7 Å². The SMILES string of the molecule is CCn1cc(NC(=O)N(CCc2ccccc2)CCN(C)C)cn1. The Morgan fingerprint density at radius 3 is 2.54 bits per heavy atom. The third-order valence-electron chi connectivity index (χ3n) is 3.83. The zero-order valence-corrected chi connectivity index (χ0v) is 14.8. The number of aromatic nitrogens is 2. The summed E-state index contributed by atoms with van der Waals surface area (Å²) in [5, 5.41) is 7.13. The lowest BCUT2D eigenvalue weighted by molar-refractivity contribution is 0.205. The number of rotatable bonds is 8. The smallest absolute Gasteiger partial charge is 0.321 e. The van der Waals surface area contributed by atoms with Crippen LogP contribution in [-0.2, 0) is 13.0 Å². The van der Waals surface area contributed by atoms with Crippen LogP contribution in [0.3, 0.4) is 0 Å². The fourth-order valence-corrected chi connectivity index (χ4v) is 2.35. The third-order valence-corrected chi connectivity index (χ3v) is 3.83. The largest absolute Gasteiger partial charge is 0.323 e. The molecule has 2 aromatic rings. The molecular formula is C18H27N5O. The van der Waals surface area contributed by atoms with Crippen molar-refractivity contribution < 1.29 is 4.79 Å². The van der Waals surface area contributed by atoms with Gasteiger partial charge in [-0.3, -0.25) is 4.68 Å². The first-order chi connectivity index (χ1) is 11.6. The molecule has 24 heavy (non-hydrogen) atoms. The Morgan fingerprint density at radius 1 is 1.17 bits per heavy atom. The molecule has 0 saturated carbocycles. The molecule has 0 fully saturated rings. The van der Waals surface area contributed by atoms with E-state index >= 15 is 0 Å². The Morgan fingerprint density at radius 2 is 1.92 bits per heavy atom. The number of hydrogen-bond donors (Lipinski definition) is 1. The van der Waals surface area contributed by atoms with E-state index in [0.29, 0.717) is 13.1 Å². The molecule has 0 aliphatic carbocycles. The highest BCUT2D eigenvalue weighted by molar-refractivity contribution is 5.89. The number of benzene rings is 1. The molecule has 0 bridgehead atoms. The van der Waals surface area contributed by atoms with Gasteiger partial charge >= 0.3 is 6.03 Å². The summed E-state index contributed by atoms with van der Waals surface area (Å²) in [4.78, 5) is 16.5. The summed E-state index contributed by atoms with van der Waals surface area (Å²) in [6, 6.07) is 10.2. The van der Waals surface area contributed by atoms with E-state index < -0.39 is 0 Å². The van der Waals surface area contributed by atoms with E-state index in [2.05, 4.69) is 27.4 Å². The van der Waals surface area contributed by atoms with Crippen molar-refractivity contribution in [1.29, 1.82) is 0 Å². The first-order valence-corrected chi connectivity index (χ1v) is 8.35. The Balaban J connectivity index is 1.96. The molecule has 1 aromatic carbocycles. The lowest BCUT2D eigenvalue weighted by Crippen LogP contribution is -2.40. The average Bonchev–Trinajstić information content (AvgIpc) is 3.03. The summed E-state index contributed by atoms with van der Waals surface area (Å²) in [6.07, 6.45) is 4.37. The quantitative estimate of drug-likeness (QED) is 0.810. The van der Waals surface area contributed by atoms with Crippen LogP contribution in [0.4, 0.5) is 10.5 Å². The first-order valence-electron chi connectivity index (χ1n) is 8.35. The van der Waals surface area contributed by atoms with Gasteiger partial charge in [0.1, 0.15) is 0 Å². The van der Waals surface area contributed by atoms with Crippen LogP contribution in [0.5, 0.6) is 0 Å². The monoisotopic (exact) mass is 329 g/mol. The molecule has 6 heteroatoms. The van der Waals surface area contributed by atoms with E-state index in [-0.39, 0.29) is 6.03 Å². The highest BCUT2D eigenvalue weighted by atomic mass is 16.2. The van der Waals surface area contributed by atoms with E-state index in [9.17, 15) is 4.79 Å². The van der Waals surface area contributed by atoms with Gasteiger partial charge in [0, 0.05) is 32.4 Å². The summed E-state index contributed by atoms with van der Waals surface area (Å²) in [7, 11) is 4.02. The molecule has 0 spiro atoms. The van der Waals surface area contributed by atoms with Crippen molar-refractivity contribution in [2.75, 3.05) is 39.0 Å². The second-order valence-corrected chi connectivity index (χ2v) is 6.04. The zero-order valence-electron chi connectivity index (χ0n) is 14.8. The predicted octanol–water partition coefficient (Wildman–Crippen LogP) is 2.54. The van der Waals surface area contributed by atoms with Crippen molar-refractivity contribution in [3.8, 4) is 0 Å². The van der Waals surface area contributed by atoms with E-state index in [0.717, 1.165) is 25.2 Å². The molecule has 0 atom stereocenters. The van der Waals surface area contributed by atoms with Crippen molar-refractivity contribution in [2.24, 2.45) is 0 Å². The van der Waals surface area contributed by atoms with Crippen LogP contribution in [-0.4, -0.2) is 59.3 Å². The zero-order chi connectivity index (χ0) is 17.4. The predicted molar refractivity (Wildman–Crippen MR) is 97.2 cm³/mol. The van der Waals surface area contributed by atoms with Gasteiger partial charge in [0.2, 0.25) is 0 Å². The number of amides is 2. The number of carbonyl (C=O) groups is 1. The molecular weight excluding hydrogens is 302 g/mol. The lowest BCUT2D eigenvalue weighted by atomic mass is 10.1. The molecule has 130 valence electrons. The summed E-state index contributed by atoms with van der Waals surface area (Å²) in [6.45, 7) is 5.01. The Labute approximate surface area is 144 Å². The van der Waals surface area contributed by atoms with Gasteiger partial charge in [-0.15, -0.1) is 0 Å². The molecule has 2 amide bonds. The van der Waals surface area contributed by atoms with Crippen molar-refractivity contribution in [2.45, 2.75) is 19.9 Å². The van der Waals surface area contributed by atoms with E-state index in [4.69, 9.17) is 0 Å². The van der Waals surface area contributed by atoms with Gasteiger partial charge < -0.3 is 15.1 Å². The Hall–Kier alpha value is -2.34. The van der Waals surface area contributed by atoms with Gasteiger partial charge in [0.25, 0.3) is 0 Å². The van der Waals surface area contributed by atoms with Crippen molar-refractivity contribution in [3.63, 3.8) is 0 Å². The van der Waals surface area contributed by atoms with Crippen LogP contribution in [0.1, 0.15) is 12.5 Å². The molecule has 0 aliphatic rings. The molecule has 1 heterocycles. The fourth-order valence-electron chi connectivity index (χ4n) is 2.35. The van der Waals surface area contributed by atoms with Gasteiger partial charge in [-0.1, -0.05) is 30.3 Å². The second-order valence-electron chi connectivity index (χ2n) is 6.04. The molecule has 1 N–H and O–H groups in total. The van der Waals surface area contributed by atoms with Crippen LogP contribution in [0.25, 0.3) is 0 Å². The number of carbonyl (C=O) groups excluding carboxylic acids is 1. The maximum Gasteiger partial charge on any atom is 0.321 e. The van der Waals surface area contributed by atoms with Gasteiger partial charge in [0.05, 0.1) is 11.9 Å². The maximum atomic E-state index is 12.6.